The van der Waals surface area contributed by atoms with Crippen LogP contribution < -0.4 is 5.56 Å². The molecule has 0 radical (unpaired) electrons. The second-order valence-corrected chi connectivity index (χ2v) is 5.96. The zero-order valence-electron chi connectivity index (χ0n) is 12.5. The summed E-state index contributed by atoms with van der Waals surface area (Å²) in [6.07, 6.45) is 5.38. The molecule has 22 heavy (non-hydrogen) atoms. The number of rotatable bonds is 4. The first-order chi connectivity index (χ1) is 10.6. The second-order valence-electron chi connectivity index (χ2n) is 4.97. The smallest absolute Gasteiger partial charge is 0.279 e. The Labute approximate surface area is 132 Å². The van der Waals surface area contributed by atoms with Gasteiger partial charge in [0.1, 0.15) is 0 Å². The van der Waals surface area contributed by atoms with Crippen molar-refractivity contribution in [2.75, 3.05) is 5.75 Å². The molecular formula is C16H16N4OS. The first-order valence-electron chi connectivity index (χ1n) is 6.90. The molecule has 0 fully saturated rings. The lowest BCUT2D eigenvalue weighted by Gasteiger charge is -2.11. The zero-order chi connectivity index (χ0) is 15.7. The summed E-state index contributed by atoms with van der Waals surface area (Å²) in [6.45, 7) is 7.73. The van der Waals surface area contributed by atoms with Gasteiger partial charge in [-0.1, -0.05) is 30.0 Å². The summed E-state index contributed by atoms with van der Waals surface area (Å²) < 4.78 is 3.34. The van der Waals surface area contributed by atoms with Gasteiger partial charge >= 0.3 is 5.56 Å². The van der Waals surface area contributed by atoms with Crippen LogP contribution in [0.4, 0.5) is 0 Å². The predicted octanol–water partition coefficient (Wildman–Crippen LogP) is 2.78. The summed E-state index contributed by atoms with van der Waals surface area (Å²) in [5, 5.41) is 8.81. The standard InChI is InChI=1S/C16H16N4OS/c1-4-10-22-16-18-17-14-15(21)19(8-9-20(14)16)13-7-5-6-11(2)12(13)3/h4-9H,1,10H2,2-3H3. The Hall–Kier alpha value is -2.34. The molecule has 2 aromatic heterocycles. The van der Waals surface area contributed by atoms with Crippen molar-refractivity contribution in [2.45, 2.75) is 19.0 Å². The van der Waals surface area contributed by atoms with Gasteiger partial charge in [-0.05, 0) is 31.0 Å². The van der Waals surface area contributed by atoms with E-state index < -0.39 is 0 Å². The maximum atomic E-state index is 12.7. The number of fused-ring (bicyclic) bond motifs is 1. The van der Waals surface area contributed by atoms with Crippen molar-refractivity contribution >= 4 is 17.4 Å². The van der Waals surface area contributed by atoms with Crippen LogP contribution in [0, 0.1) is 13.8 Å². The van der Waals surface area contributed by atoms with Gasteiger partial charge in [0.2, 0.25) is 5.65 Å². The fourth-order valence-electron chi connectivity index (χ4n) is 2.28. The molecule has 5 nitrogen and oxygen atoms in total. The Morgan fingerprint density at radius 2 is 2.09 bits per heavy atom. The van der Waals surface area contributed by atoms with Gasteiger partial charge in [-0.25, -0.2) is 0 Å². The van der Waals surface area contributed by atoms with E-state index in [0.717, 1.165) is 22.6 Å². The molecule has 112 valence electrons. The maximum absolute atomic E-state index is 12.7. The Kier molecular flexibility index (Phi) is 3.85. The highest BCUT2D eigenvalue weighted by molar-refractivity contribution is 7.99. The zero-order valence-corrected chi connectivity index (χ0v) is 13.3. The summed E-state index contributed by atoms with van der Waals surface area (Å²) in [4.78, 5) is 12.7. The van der Waals surface area contributed by atoms with Crippen LogP contribution in [0.15, 0.2) is 53.2 Å². The van der Waals surface area contributed by atoms with Gasteiger partial charge in [0.25, 0.3) is 0 Å². The largest absolute Gasteiger partial charge is 0.300 e. The molecule has 1 aromatic carbocycles. The van der Waals surface area contributed by atoms with E-state index in [1.807, 2.05) is 38.2 Å². The third-order valence-corrected chi connectivity index (χ3v) is 4.54. The third kappa shape index (κ3) is 2.35. The quantitative estimate of drug-likeness (QED) is 0.549. The van der Waals surface area contributed by atoms with Gasteiger partial charge in [0.15, 0.2) is 5.16 Å². The minimum atomic E-state index is -0.172. The molecular weight excluding hydrogens is 296 g/mol. The van der Waals surface area contributed by atoms with Gasteiger partial charge in [0.05, 0.1) is 5.69 Å². The molecule has 3 rings (SSSR count). The van der Waals surface area contributed by atoms with E-state index in [9.17, 15) is 4.79 Å². The third-order valence-electron chi connectivity index (χ3n) is 3.61. The molecule has 0 aliphatic carbocycles. The molecule has 6 heteroatoms. The van der Waals surface area contributed by atoms with Crippen molar-refractivity contribution in [2.24, 2.45) is 0 Å². The molecule has 0 saturated carbocycles. The van der Waals surface area contributed by atoms with Crippen LogP contribution in [0.5, 0.6) is 0 Å². The fraction of sp³-hybridized carbons (Fsp3) is 0.188. The van der Waals surface area contributed by atoms with Gasteiger partial charge in [-0.3, -0.25) is 13.8 Å². The lowest BCUT2D eigenvalue weighted by Crippen LogP contribution is -2.21. The number of aryl methyl sites for hydroxylation is 1. The molecule has 0 bridgehead atoms. The molecule has 0 amide bonds. The maximum Gasteiger partial charge on any atom is 0.300 e. The fourth-order valence-corrected chi connectivity index (χ4v) is 2.94. The van der Waals surface area contributed by atoms with Crippen LogP contribution in [-0.2, 0) is 0 Å². The van der Waals surface area contributed by atoms with E-state index in [0.29, 0.717) is 10.8 Å². The summed E-state index contributed by atoms with van der Waals surface area (Å²) in [7, 11) is 0. The number of aromatic nitrogens is 4. The second kappa shape index (κ2) is 5.81. The Bertz CT molecular complexity index is 910. The highest BCUT2D eigenvalue weighted by Crippen LogP contribution is 2.18. The minimum Gasteiger partial charge on any atom is -0.279 e. The van der Waals surface area contributed by atoms with Crippen molar-refractivity contribution in [3.63, 3.8) is 0 Å². The monoisotopic (exact) mass is 312 g/mol. The first-order valence-corrected chi connectivity index (χ1v) is 7.88. The lowest BCUT2D eigenvalue weighted by atomic mass is 10.1. The van der Waals surface area contributed by atoms with Gasteiger partial charge in [0, 0.05) is 18.1 Å². The van der Waals surface area contributed by atoms with Gasteiger partial charge < -0.3 is 0 Å². The van der Waals surface area contributed by atoms with Crippen molar-refractivity contribution in [3.8, 4) is 5.69 Å². The van der Waals surface area contributed by atoms with Crippen LogP contribution >= 0.6 is 11.8 Å². The van der Waals surface area contributed by atoms with Crippen molar-refractivity contribution in [1.82, 2.24) is 19.2 Å². The topological polar surface area (TPSA) is 52.2 Å². The average Bonchev–Trinajstić information content (AvgIpc) is 2.93. The summed E-state index contributed by atoms with van der Waals surface area (Å²) in [6, 6.07) is 5.91. The van der Waals surface area contributed by atoms with E-state index in [2.05, 4.69) is 16.8 Å². The minimum absolute atomic E-state index is 0.172. The lowest BCUT2D eigenvalue weighted by molar-refractivity contribution is 0.891. The predicted molar refractivity (Wildman–Crippen MR) is 89.0 cm³/mol. The highest BCUT2D eigenvalue weighted by atomic mass is 32.2. The number of nitrogens with zero attached hydrogens (tertiary/aromatic N) is 4. The Balaban J connectivity index is 2.17. The van der Waals surface area contributed by atoms with Gasteiger partial charge in [-0.15, -0.1) is 16.8 Å². The first kappa shape index (κ1) is 14.6. The van der Waals surface area contributed by atoms with E-state index in [1.54, 1.807) is 21.2 Å². The number of hydrogen-bond acceptors (Lipinski definition) is 4. The van der Waals surface area contributed by atoms with Crippen LogP contribution in [-0.4, -0.2) is 24.9 Å². The summed E-state index contributed by atoms with van der Waals surface area (Å²) >= 11 is 1.50. The number of benzene rings is 1. The Morgan fingerprint density at radius 1 is 1.27 bits per heavy atom. The average molecular weight is 312 g/mol. The molecule has 0 saturated heterocycles. The highest BCUT2D eigenvalue weighted by Gasteiger charge is 2.12. The van der Waals surface area contributed by atoms with Gasteiger partial charge in [-0.2, -0.15) is 0 Å². The van der Waals surface area contributed by atoms with E-state index in [4.69, 9.17) is 0 Å². The summed E-state index contributed by atoms with van der Waals surface area (Å²) in [5.74, 6) is 0.723. The van der Waals surface area contributed by atoms with E-state index in [-0.39, 0.29) is 5.56 Å². The molecule has 0 unspecified atom stereocenters. The molecule has 3 aromatic rings. The number of hydrogen-bond donors (Lipinski definition) is 0. The number of thioether (sulfide) groups is 1. The Morgan fingerprint density at radius 3 is 2.86 bits per heavy atom. The molecule has 0 N–H and O–H groups in total. The van der Waals surface area contributed by atoms with Crippen molar-refractivity contribution < 1.29 is 0 Å². The van der Waals surface area contributed by atoms with Crippen LogP contribution in [0.2, 0.25) is 0 Å². The van der Waals surface area contributed by atoms with Crippen LogP contribution in [0.1, 0.15) is 11.1 Å². The van der Waals surface area contributed by atoms with Crippen LogP contribution in [0.25, 0.3) is 11.3 Å². The van der Waals surface area contributed by atoms with E-state index in [1.165, 1.54) is 11.8 Å². The molecule has 0 spiro atoms. The molecule has 0 aliphatic rings. The van der Waals surface area contributed by atoms with Crippen molar-refractivity contribution in [1.29, 1.82) is 0 Å². The SMILES string of the molecule is C=CCSc1nnc2c(=O)n(-c3cccc(C)c3C)ccn12. The van der Waals surface area contributed by atoms with Crippen molar-refractivity contribution in [3.05, 3.63) is 64.7 Å². The molecule has 0 atom stereocenters. The summed E-state index contributed by atoms with van der Waals surface area (Å²) in [5.41, 5.74) is 3.25. The normalized spacial score (nSPS) is 11.0. The van der Waals surface area contributed by atoms with E-state index >= 15 is 0 Å². The van der Waals surface area contributed by atoms with Crippen LogP contribution in [0.3, 0.4) is 0 Å². The molecule has 2 heterocycles. The molecule has 0 aliphatic heterocycles.